The Bertz CT molecular complexity index is 255. The van der Waals surface area contributed by atoms with Gasteiger partial charge in [-0.15, -0.1) is 0 Å². The molecule has 2 heterocycles. The normalized spacial score (nSPS) is 30.3. The molecule has 0 aromatic heterocycles. The molecule has 5 heteroatoms. The molecule has 2 rings (SSSR count). The zero-order valence-corrected chi connectivity index (χ0v) is 11.0. The van der Waals surface area contributed by atoms with Crippen molar-refractivity contribution in [1.82, 2.24) is 10.2 Å². The molecule has 2 saturated heterocycles. The molecule has 2 aliphatic heterocycles. The van der Waals surface area contributed by atoms with Crippen molar-refractivity contribution in [1.29, 1.82) is 0 Å². The van der Waals surface area contributed by atoms with Gasteiger partial charge >= 0.3 is 0 Å². The van der Waals surface area contributed by atoms with Crippen molar-refractivity contribution >= 4 is 17.7 Å². The number of piperidine rings is 1. The van der Waals surface area contributed by atoms with Crippen LogP contribution in [0.15, 0.2) is 0 Å². The van der Waals surface area contributed by atoms with Crippen LogP contribution >= 0.6 is 11.8 Å². The monoisotopic (exact) mass is 258 g/mol. The van der Waals surface area contributed by atoms with Crippen molar-refractivity contribution in [3.05, 3.63) is 0 Å². The molecule has 0 aromatic carbocycles. The summed E-state index contributed by atoms with van der Waals surface area (Å²) in [7, 11) is 0. The predicted molar refractivity (Wildman–Crippen MR) is 70.2 cm³/mol. The minimum atomic E-state index is -0.00644. The molecule has 2 unspecified atom stereocenters. The van der Waals surface area contributed by atoms with Crippen LogP contribution in [-0.2, 0) is 4.79 Å². The van der Waals surface area contributed by atoms with Crippen molar-refractivity contribution in [2.75, 3.05) is 31.2 Å². The van der Waals surface area contributed by atoms with E-state index >= 15 is 0 Å². The number of carbonyl (C=O) groups is 1. The number of amides is 1. The molecule has 2 atom stereocenters. The second-order valence-electron chi connectivity index (χ2n) is 4.78. The molecule has 17 heavy (non-hydrogen) atoms. The van der Waals surface area contributed by atoms with Crippen molar-refractivity contribution in [2.45, 2.75) is 37.8 Å². The maximum absolute atomic E-state index is 12.4. The first kappa shape index (κ1) is 13.2. The summed E-state index contributed by atoms with van der Waals surface area (Å²) >= 11 is 1.85. The van der Waals surface area contributed by atoms with Crippen molar-refractivity contribution in [3.63, 3.8) is 0 Å². The van der Waals surface area contributed by atoms with E-state index in [2.05, 4.69) is 5.32 Å². The number of nitrogens with zero attached hydrogens (tertiary/aromatic N) is 1. The maximum atomic E-state index is 12.4. The van der Waals surface area contributed by atoms with Gasteiger partial charge in [0, 0.05) is 37.2 Å². The summed E-state index contributed by atoms with van der Waals surface area (Å²) in [5.74, 6) is 2.24. The summed E-state index contributed by atoms with van der Waals surface area (Å²) < 4.78 is 0. The highest BCUT2D eigenvalue weighted by Crippen LogP contribution is 2.21. The van der Waals surface area contributed by atoms with E-state index in [0.717, 1.165) is 43.9 Å². The Kier molecular flexibility index (Phi) is 5.13. The number of hydrogen-bond donors (Lipinski definition) is 2. The van der Waals surface area contributed by atoms with Crippen molar-refractivity contribution < 1.29 is 9.90 Å². The highest BCUT2D eigenvalue weighted by molar-refractivity contribution is 7.99. The van der Waals surface area contributed by atoms with Gasteiger partial charge in [-0.1, -0.05) is 0 Å². The Labute approximate surface area is 107 Å². The number of likely N-dealkylation sites (tertiary alicyclic amines) is 1. The molecule has 0 radical (unpaired) electrons. The Morgan fingerprint density at radius 3 is 3.06 bits per heavy atom. The van der Waals surface area contributed by atoms with Crippen LogP contribution in [0, 0.1) is 0 Å². The third kappa shape index (κ3) is 3.36. The fourth-order valence-corrected chi connectivity index (χ4v) is 3.59. The topological polar surface area (TPSA) is 52.6 Å². The van der Waals surface area contributed by atoms with E-state index in [1.54, 1.807) is 0 Å². The molecule has 2 N–H and O–H groups in total. The molecule has 0 spiro atoms. The molecule has 1 amide bonds. The lowest BCUT2D eigenvalue weighted by Gasteiger charge is -2.38. The average molecular weight is 258 g/mol. The minimum Gasteiger partial charge on any atom is -0.396 e. The molecule has 98 valence electrons. The van der Waals surface area contributed by atoms with Gasteiger partial charge in [0.05, 0.1) is 6.04 Å². The number of aliphatic hydroxyl groups is 1. The van der Waals surface area contributed by atoms with Crippen LogP contribution in [-0.4, -0.2) is 59.2 Å². The van der Waals surface area contributed by atoms with E-state index in [0.29, 0.717) is 0 Å². The standard InChI is InChI=1S/C12H22N2O2S/c15-7-4-10-3-1-2-6-14(10)12(16)11-9-17-8-5-13-11/h10-11,13,15H,1-9H2. The fraction of sp³-hybridized carbons (Fsp3) is 0.917. The maximum Gasteiger partial charge on any atom is 0.240 e. The highest BCUT2D eigenvalue weighted by Gasteiger charge is 2.31. The molecule has 0 aliphatic carbocycles. The number of thioether (sulfide) groups is 1. The van der Waals surface area contributed by atoms with Gasteiger partial charge in [0.1, 0.15) is 0 Å². The first-order chi connectivity index (χ1) is 8.33. The Hall–Kier alpha value is -0.260. The Morgan fingerprint density at radius 1 is 1.47 bits per heavy atom. The van der Waals surface area contributed by atoms with Gasteiger partial charge in [0.25, 0.3) is 0 Å². The second kappa shape index (κ2) is 6.61. The molecule has 0 bridgehead atoms. The van der Waals surface area contributed by atoms with Crippen LogP contribution in [0.3, 0.4) is 0 Å². The first-order valence-electron chi connectivity index (χ1n) is 6.55. The van der Waals surface area contributed by atoms with E-state index < -0.39 is 0 Å². The molecular formula is C12H22N2O2S. The van der Waals surface area contributed by atoms with E-state index in [-0.39, 0.29) is 24.6 Å². The SMILES string of the molecule is O=C(C1CSCCN1)N1CCCCC1CCO. The van der Waals surface area contributed by atoms with Crippen molar-refractivity contribution in [2.24, 2.45) is 0 Å². The van der Waals surface area contributed by atoms with Crippen molar-refractivity contribution in [3.8, 4) is 0 Å². The van der Waals surface area contributed by atoms with Gasteiger partial charge in [-0.2, -0.15) is 11.8 Å². The largest absolute Gasteiger partial charge is 0.396 e. The van der Waals surface area contributed by atoms with Gasteiger partial charge in [-0.05, 0) is 25.7 Å². The minimum absolute atomic E-state index is 0.00644. The smallest absolute Gasteiger partial charge is 0.240 e. The summed E-state index contributed by atoms with van der Waals surface area (Å²) in [4.78, 5) is 14.4. The summed E-state index contributed by atoms with van der Waals surface area (Å²) in [5, 5.41) is 12.4. The van der Waals surface area contributed by atoms with E-state index in [1.807, 2.05) is 16.7 Å². The number of carbonyl (C=O) groups excluding carboxylic acids is 1. The molecule has 4 nitrogen and oxygen atoms in total. The third-order valence-corrected chi connectivity index (χ3v) is 4.65. The summed E-state index contributed by atoms with van der Waals surface area (Å²) in [6, 6.07) is 0.253. The highest BCUT2D eigenvalue weighted by atomic mass is 32.2. The third-order valence-electron chi connectivity index (χ3n) is 3.59. The lowest BCUT2D eigenvalue weighted by atomic mass is 9.98. The van der Waals surface area contributed by atoms with Crippen LogP contribution in [0.25, 0.3) is 0 Å². The van der Waals surface area contributed by atoms with Crippen LogP contribution in [0.4, 0.5) is 0 Å². The zero-order valence-electron chi connectivity index (χ0n) is 10.2. The second-order valence-corrected chi connectivity index (χ2v) is 5.92. The van der Waals surface area contributed by atoms with Crippen LogP contribution in [0.2, 0.25) is 0 Å². The summed E-state index contributed by atoms with van der Waals surface area (Å²) in [6.45, 7) is 1.98. The van der Waals surface area contributed by atoms with Crippen LogP contribution in [0.1, 0.15) is 25.7 Å². The number of hydrogen-bond acceptors (Lipinski definition) is 4. The summed E-state index contributed by atoms with van der Waals surface area (Å²) in [5.41, 5.74) is 0. The van der Waals surface area contributed by atoms with Gasteiger partial charge < -0.3 is 15.3 Å². The molecular weight excluding hydrogens is 236 g/mol. The van der Waals surface area contributed by atoms with Gasteiger partial charge in [-0.3, -0.25) is 4.79 Å². The van der Waals surface area contributed by atoms with Gasteiger partial charge in [0.2, 0.25) is 5.91 Å². The molecule has 0 aromatic rings. The van der Waals surface area contributed by atoms with Crippen LogP contribution < -0.4 is 5.32 Å². The Morgan fingerprint density at radius 2 is 2.35 bits per heavy atom. The number of rotatable bonds is 3. The molecule has 0 saturated carbocycles. The number of aliphatic hydroxyl groups excluding tert-OH is 1. The van der Waals surface area contributed by atoms with E-state index in [9.17, 15) is 4.79 Å². The Balaban J connectivity index is 1.94. The predicted octanol–water partition coefficient (Wildman–Crippen LogP) is 0.455. The van der Waals surface area contributed by atoms with Crippen LogP contribution in [0.5, 0.6) is 0 Å². The van der Waals surface area contributed by atoms with E-state index in [1.165, 1.54) is 6.42 Å². The first-order valence-corrected chi connectivity index (χ1v) is 7.71. The lowest BCUT2D eigenvalue weighted by molar-refractivity contribution is -0.137. The lowest BCUT2D eigenvalue weighted by Crippen LogP contribution is -2.54. The summed E-state index contributed by atoms with van der Waals surface area (Å²) in [6.07, 6.45) is 4.06. The fourth-order valence-electron chi connectivity index (χ4n) is 2.66. The quantitative estimate of drug-likeness (QED) is 0.772. The average Bonchev–Trinajstić information content (AvgIpc) is 2.40. The van der Waals surface area contributed by atoms with E-state index in [4.69, 9.17) is 5.11 Å². The molecule has 2 aliphatic rings. The van der Waals surface area contributed by atoms with Gasteiger partial charge in [0.15, 0.2) is 0 Å². The number of nitrogens with one attached hydrogen (secondary N) is 1. The van der Waals surface area contributed by atoms with Gasteiger partial charge in [-0.25, -0.2) is 0 Å². The molecule has 2 fully saturated rings. The zero-order chi connectivity index (χ0) is 12.1.